The monoisotopic (exact) mass is 443 g/mol. The van der Waals surface area contributed by atoms with E-state index in [0.717, 1.165) is 5.69 Å². The second-order valence-electron chi connectivity index (χ2n) is 8.65. The normalized spacial score (nSPS) is 11.6. The first-order valence-electron chi connectivity index (χ1n) is 10.1. The third-order valence-corrected chi connectivity index (χ3v) is 9.93. The predicted octanol–water partition coefficient (Wildman–Crippen LogP) is 5.55. The first kappa shape index (κ1) is 24.3. The van der Waals surface area contributed by atoms with Crippen molar-refractivity contribution in [2.24, 2.45) is 5.11 Å². The van der Waals surface area contributed by atoms with E-state index in [1.54, 1.807) is 6.20 Å². The van der Waals surface area contributed by atoms with E-state index in [4.69, 9.17) is 9.96 Å². The number of nitrogens with one attached hydrogen (secondary N) is 1. The number of nitro groups is 1. The summed E-state index contributed by atoms with van der Waals surface area (Å²) in [7, 11) is -1.79. The van der Waals surface area contributed by atoms with Crippen LogP contribution in [0.25, 0.3) is 10.4 Å². The summed E-state index contributed by atoms with van der Waals surface area (Å²) >= 11 is 0. The highest BCUT2D eigenvalue weighted by molar-refractivity contribution is 6.74. The van der Waals surface area contributed by atoms with Gasteiger partial charge in [0.05, 0.1) is 4.92 Å². The van der Waals surface area contributed by atoms with Crippen LogP contribution in [0.2, 0.25) is 18.1 Å². The molecule has 0 saturated carbocycles. The van der Waals surface area contributed by atoms with Crippen molar-refractivity contribution in [3.05, 3.63) is 62.5 Å². The Labute approximate surface area is 183 Å². The number of hydrogen-bond acceptors (Lipinski definition) is 7. The lowest BCUT2D eigenvalue weighted by Crippen LogP contribution is -2.41. The molecule has 1 N–H and O–H groups in total. The summed E-state index contributed by atoms with van der Waals surface area (Å²) in [5, 5.41) is 17.9. The average Bonchev–Trinajstić information content (AvgIpc) is 2.68. The summed E-state index contributed by atoms with van der Waals surface area (Å²) in [5.41, 5.74) is 9.79. The molecular weight excluding hydrogens is 414 g/mol. The van der Waals surface area contributed by atoms with E-state index in [-0.39, 0.29) is 16.4 Å². The summed E-state index contributed by atoms with van der Waals surface area (Å²) in [6.45, 7) is 12.1. The molecule has 31 heavy (non-hydrogen) atoms. The second-order valence-corrected chi connectivity index (χ2v) is 13.5. The van der Waals surface area contributed by atoms with Gasteiger partial charge in [0.1, 0.15) is 11.5 Å². The molecule has 0 aliphatic carbocycles. The predicted molar refractivity (Wildman–Crippen MR) is 123 cm³/mol. The highest BCUT2D eigenvalue weighted by atomic mass is 28.4. The lowest BCUT2D eigenvalue weighted by Gasteiger charge is -2.36. The van der Waals surface area contributed by atoms with Gasteiger partial charge in [0.25, 0.3) is 5.69 Å². The third-order valence-electron chi connectivity index (χ3n) is 5.39. The standard InChI is InChI=1S/C20H29N7O3Si/c1-20(2,3)31(4,5)30-13-10-15-8-11-23-19(24-15)9-12-22-17-7-6-16(25-26-21)14-18(17)27(28)29/h6-8,11,14,22H,9-10,12-13H2,1-5H3. The molecular formula is C20H29N7O3Si. The zero-order chi connectivity index (χ0) is 23.1. The lowest BCUT2D eigenvalue weighted by atomic mass is 10.2. The summed E-state index contributed by atoms with van der Waals surface area (Å²) < 4.78 is 6.21. The van der Waals surface area contributed by atoms with Crippen molar-refractivity contribution >= 4 is 25.4 Å². The van der Waals surface area contributed by atoms with Crippen LogP contribution < -0.4 is 5.32 Å². The Bertz CT molecular complexity index is 969. The SMILES string of the molecule is CC(C)(C)[Si](C)(C)OCCc1ccnc(CCNc2ccc(N=[N+]=[N-])cc2[N+](=O)[O-])n1. The Morgan fingerprint density at radius 3 is 2.68 bits per heavy atom. The number of azide groups is 1. The minimum atomic E-state index is -1.79. The molecule has 166 valence electrons. The zero-order valence-corrected chi connectivity index (χ0v) is 19.6. The van der Waals surface area contributed by atoms with Crippen molar-refractivity contribution in [3.8, 4) is 0 Å². The van der Waals surface area contributed by atoms with Gasteiger partial charge in [-0.1, -0.05) is 32.0 Å². The van der Waals surface area contributed by atoms with Crippen molar-refractivity contribution in [3.63, 3.8) is 0 Å². The molecule has 1 aromatic carbocycles. The van der Waals surface area contributed by atoms with E-state index in [1.165, 1.54) is 18.2 Å². The lowest BCUT2D eigenvalue weighted by molar-refractivity contribution is -0.383. The van der Waals surface area contributed by atoms with Gasteiger partial charge in [-0.2, -0.15) is 0 Å². The van der Waals surface area contributed by atoms with Crippen molar-refractivity contribution in [1.29, 1.82) is 0 Å². The summed E-state index contributed by atoms with van der Waals surface area (Å²) in [5.74, 6) is 0.658. The van der Waals surface area contributed by atoms with E-state index in [1.807, 2.05) is 6.07 Å². The van der Waals surface area contributed by atoms with Crippen LogP contribution >= 0.6 is 0 Å². The van der Waals surface area contributed by atoms with Crippen LogP contribution in [0, 0.1) is 10.1 Å². The van der Waals surface area contributed by atoms with E-state index in [2.05, 4.69) is 59.2 Å². The van der Waals surface area contributed by atoms with Gasteiger partial charge in [-0.05, 0) is 35.8 Å². The molecule has 0 atom stereocenters. The highest BCUT2D eigenvalue weighted by Gasteiger charge is 2.36. The number of aromatic nitrogens is 2. The fraction of sp³-hybridized carbons (Fsp3) is 0.500. The summed E-state index contributed by atoms with van der Waals surface area (Å²) in [4.78, 5) is 22.3. The molecule has 0 saturated heterocycles. The summed E-state index contributed by atoms with van der Waals surface area (Å²) in [6, 6.07) is 6.17. The van der Waals surface area contributed by atoms with Crippen LogP contribution in [0.3, 0.4) is 0 Å². The minimum Gasteiger partial charge on any atom is -0.416 e. The van der Waals surface area contributed by atoms with Gasteiger partial charge < -0.3 is 9.74 Å². The number of benzene rings is 1. The Kier molecular flexibility index (Phi) is 8.09. The van der Waals surface area contributed by atoms with Gasteiger partial charge in [0.15, 0.2) is 8.32 Å². The smallest absolute Gasteiger partial charge is 0.292 e. The van der Waals surface area contributed by atoms with Crippen LogP contribution in [0.1, 0.15) is 32.3 Å². The largest absolute Gasteiger partial charge is 0.416 e. The maximum Gasteiger partial charge on any atom is 0.292 e. The van der Waals surface area contributed by atoms with Crippen molar-refractivity contribution in [2.45, 2.75) is 51.7 Å². The number of nitro benzene ring substituents is 1. The van der Waals surface area contributed by atoms with E-state index in [0.29, 0.717) is 37.5 Å². The van der Waals surface area contributed by atoms with Gasteiger partial charge in [-0.3, -0.25) is 10.1 Å². The van der Waals surface area contributed by atoms with E-state index >= 15 is 0 Å². The highest BCUT2D eigenvalue weighted by Crippen LogP contribution is 2.36. The number of nitrogens with zero attached hydrogens (tertiary/aromatic N) is 6. The van der Waals surface area contributed by atoms with Crippen LogP contribution in [0.4, 0.5) is 17.1 Å². The maximum absolute atomic E-state index is 11.3. The summed E-state index contributed by atoms with van der Waals surface area (Å²) in [6.07, 6.45) is 2.94. The molecule has 0 aliphatic heterocycles. The van der Waals surface area contributed by atoms with Crippen LogP contribution in [-0.4, -0.2) is 36.4 Å². The molecule has 2 rings (SSSR count). The molecule has 1 heterocycles. The molecule has 10 nitrogen and oxygen atoms in total. The molecule has 11 heteroatoms. The van der Waals surface area contributed by atoms with Gasteiger partial charge in [-0.25, -0.2) is 9.97 Å². The Hall–Kier alpha value is -3.01. The molecule has 0 spiro atoms. The molecule has 0 amide bonds. The molecule has 0 aliphatic rings. The van der Waals surface area contributed by atoms with Crippen molar-refractivity contribution in [2.75, 3.05) is 18.5 Å². The van der Waals surface area contributed by atoms with Gasteiger partial charge in [0, 0.05) is 54.5 Å². The first-order chi connectivity index (χ1) is 14.5. The quantitative estimate of drug-likeness (QED) is 0.128. The Morgan fingerprint density at radius 1 is 1.29 bits per heavy atom. The molecule has 0 unspecified atom stereocenters. The Balaban J connectivity index is 1.94. The molecule has 1 aromatic heterocycles. The molecule has 2 aromatic rings. The van der Waals surface area contributed by atoms with Gasteiger partial charge in [0.2, 0.25) is 0 Å². The van der Waals surface area contributed by atoms with E-state index in [9.17, 15) is 10.1 Å². The van der Waals surface area contributed by atoms with Crippen LogP contribution in [0.15, 0.2) is 35.6 Å². The maximum atomic E-state index is 11.3. The van der Waals surface area contributed by atoms with Gasteiger partial charge in [-0.15, -0.1) is 0 Å². The zero-order valence-electron chi connectivity index (χ0n) is 18.6. The van der Waals surface area contributed by atoms with Crippen LogP contribution in [-0.2, 0) is 17.3 Å². The van der Waals surface area contributed by atoms with Crippen molar-refractivity contribution in [1.82, 2.24) is 9.97 Å². The topological polar surface area (TPSA) is 139 Å². The molecule has 0 fully saturated rings. The Morgan fingerprint density at radius 2 is 2.03 bits per heavy atom. The number of rotatable bonds is 10. The first-order valence-corrected chi connectivity index (χ1v) is 13.0. The number of anilines is 1. The van der Waals surface area contributed by atoms with Crippen molar-refractivity contribution < 1.29 is 9.35 Å². The van der Waals surface area contributed by atoms with Gasteiger partial charge >= 0.3 is 0 Å². The average molecular weight is 444 g/mol. The molecule has 0 radical (unpaired) electrons. The molecule has 0 bridgehead atoms. The van der Waals surface area contributed by atoms with E-state index < -0.39 is 13.2 Å². The van der Waals surface area contributed by atoms with Crippen LogP contribution in [0.5, 0.6) is 0 Å². The fourth-order valence-electron chi connectivity index (χ4n) is 2.57. The fourth-order valence-corrected chi connectivity index (χ4v) is 3.62. The second kappa shape index (κ2) is 10.3. The third kappa shape index (κ3) is 7.02. The minimum absolute atomic E-state index is 0.151. The number of hydrogen-bond donors (Lipinski definition) is 1.